The summed E-state index contributed by atoms with van der Waals surface area (Å²) < 4.78 is 5.57. The lowest BCUT2D eigenvalue weighted by atomic mass is 10.1. The molecule has 1 N–H and O–H groups in total. The van der Waals surface area contributed by atoms with Crippen molar-refractivity contribution in [1.29, 1.82) is 0 Å². The maximum Gasteiger partial charge on any atom is 0.251 e. The first-order valence-corrected chi connectivity index (χ1v) is 6.72. The number of hydrogen-bond acceptors (Lipinski definition) is 2. The zero-order valence-electron chi connectivity index (χ0n) is 11.1. The Hall–Kier alpha value is -1.35. The molecule has 1 fully saturated rings. The summed E-state index contributed by atoms with van der Waals surface area (Å²) in [5.41, 5.74) is 1.97. The van der Waals surface area contributed by atoms with Crippen LogP contribution >= 0.6 is 0 Å². The zero-order valence-corrected chi connectivity index (χ0v) is 11.1. The van der Waals surface area contributed by atoms with Crippen LogP contribution in [0.1, 0.15) is 42.6 Å². The topological polar surface area (TPSA) is 38.3 Å². The minimum Gasteiger partial charge on any atom is -0.376 e. The van der Waals surface area contributed by atoms with E-state index in [0.29, 0.717) is 0 Å². The highest BCUT2D eigenvalue weighted by atomic mass is 16.5. The van der Waals surface area contributed by atoms with Crippen molar-refractivity contribution >= 4 is 5.91 Å². The van der Waals surface area contributed by atoms with Crippen LogP contribution < -0.4 is 5.32 Å². The first-order valence-electron chi connectivity index (χ1n) is 6.72. The van der Waals surface area contributed by atoms with Gasteiger partial charge in [0.05, 0.1) is 12.1 Å². The third-order valence-electron chi connectivity index (χ3n) is 3.51. The Morgan fingerprint density at radius 2 is 2.17 bits per heavy atom. The van der Waals surface area contributed by atoms with Gasteiger partial charge in [0.25, 0.3) is 5.91 Å². The molecule has 0 saturated carbocycles. The number of rotatable bonds is 4. The molecule has 18 heavy (non-hydrogen) atoms. The molecule has 3 nitrogen and oxygen atoms in total. The number of hydrogen-bond donors (Lipinski definition) is 1. The summed E-state index contributed by atoms with van der Waals surface area (Å²) in [6, 6.07) is 7.86. The van der Waals surface area contributed by atoms with Gasteiger partial charge in [-0.15, -0.1) is 0 Å². The molecule has 0 bridgehead atoms. The second kappa shape index (κ2) is 6.01. The summed E-state index contributed by atoms with van der Waals surface area (Å²) in [6.07, 6.45) is 3.30. The molecule has 0 unspecified atom stereocenters. The lowest BCUT2D eigenvalue weighted by molar-refractivity contribution is 0.0712. The van der Waals surface area contributed by atoms with Gasteiger partial charge in [-0.1, -0.05) is 19.1 Å². The van der Waals surface area contributed by atoms with E-state index in [4.69, 9.17) is 4.74 Å². The Bertz CT molecular complexity index is 393. The van der Waals surface area contributed by atoms with Crippen LogP contribution in [0, 0.1) is 0 Å². The van der Waals surface area contributed by atoms with E-state index in [1.165, 1.54) is 5.56 Å². The van der Waals surface area contributed by atoms with Crippen LogP contribution in [0.3, 0.4) is 0 Å². The van der Waals surface area contributed by atoms with Crippen LogP contribution in [-0.2, 0) is 11.2 Å². The first-order chi connectivity index (χ1) is 8.70. The summed E-state index contributed by atoms with van der Waals surface area (Å²) >= 11 is 0. The number of amides is 1. The Morgan fingerprint density at radius 1 is 1.44 bits per heavy atom. The molecule has 1 aromatic rings. The Kier molecular flexibility index (Phi) is 4.37. The maximum absolute atomic E-state index is 12.0. The first kappa shape index (κ1) is 13.1. The predicted octanol–water partition coefficient (Wildman–Crippen LogP) is 2.55. The van der Waals surface area contributed by atoms with E-state index in [2.05, 4.69) is 12.2 Å². The van der Waals surface area contributed by atoms with Crippen LogP contribution in [0.2, 0.25) is 0 Å². The van der Waals surface area contributed by atoms with E-state index in [-0.39, 0.29) is 18.1 Å². The molecule has 0 aromatic heterocycles. The fourth-order valence-electron chi connectivity index (χ4n) is 2.27. The third kappa shape index (κ3) is 3.10. The van der Waals surface area contributed by atoms with Gasteiger partial charge in [0, 0.05) is 12.2 Å². The third-order valence-corrected chi connectivity index (χ3v) is 3.51. The highest BCUT2D eigenvalue weighted by Crippen LogP contribution is 2.16. The van der Waals surface area contributed by atoms with Crippen molar-refractivity contribution in [2.45, 2.75) is 45.3 Å². The average Bonchev–Trinajstić information content (AvgIpc) is 2.92. The van der Waals surface area contributed by atoms with Gasteiger partial charge in [-0.3, -0.25) is 4.79 Å². The van der Waals surface area contributed by atoms with Crippen LogP contribution in [-0.4, -0.2) is 24.7 Å². The largest absolute Gasteiger partial charge is 0.376 e. The fraction of sp³-hybridized carbons (Fsp3) is 0.533. The molecule has 98 valence electrons. The summed E-state index contributed by atoms with van der Waals surface area (Å²) in [4.78, 5) is 12.0. The highest BCUT2D eigenvalue weighted by Gasteiger charge is 2.23. The van der Waals surface area contributed by atoms with Crippen LogP contribution in [0.15, 0.2) is 24.3 Å². The summed E-state index contributed by atoms with van der Waals surface area (Å²) in [5, 5.41) is 3.01. The second-order valence-electron chi connectivity index (χ2n) is 4.86. The lowest BCUT2D eigenvalue weighted by Gasteiger charge is -2.20. The quantitative estimate of drug-likeness (QED) is 0.888. The van der Waals surface area contributed by atoms with Crippen molar-refractivity contribution in [3.05, 3.63) is 35.4 Å². The zero-order chi connectivity index (χ0) is 13.0. The van der Waals surface area contributed by atoms with Gasteiger partial charge >= 0.3 is 0 Å². The molecule has 3 heteroatoms. The van der Waals surface area contributed by atoms with Crippen LogP contribution in [0.5, 0.6) is 0 Å². The van der Waals surface area contributed by atoms with Gasteiger partial charge in [0.2, 0.25) is 0 Å². The van der Waals surface area contributed by atoms with E-state index in [9.17, 15) is 4.79 Å². The normalized spacial score (nSPS) is 20.7. The number of benzene rings is 1. The van der Waals surface area contributed by atoms with E-state index >= 15 is 0 Å². The molecule has 2 rings (SSSR count). The van der Waals surface area contributed by atoms with Crippen molar-refractivity contribution in [3.8, 4) is 0 Å². The Labute approximate surface area is 109 Å². The van der Waals surface area contributed by atoms with E-state index in [1.807, 2.05) is 31.2 Å². The van der Waals surface area contributed by atoms with Crippen molar-refractivity contribution in [1.82, 2.24) is 5.32 Å². The molecule has 0 spiro atoms. The van der Waals surface area contributed by atoms with Gasteiger partial charge < -0.3 is 10.1 Å². The van der Waals surface area contributed by atoms with E-state index < -0.39 is 0 Å². The smallest absolute Gasteiger partial charge is 0.251 e. The van der Waals surface area contributed by atoms with E-state index in [0.717, 1.165) is 31.4 Å². The minimum absolute atomic E-state index is 0.0133. The molecular weight excluding hydrogens is 226 g/mol. The van der Waals surface area contributed by atoms with Gasteiger partial charge in [-0.2, -0.15) is 0 Å². The highest BCUT2D eigenvalue weighted by molar-refractivity contribution is 5.94. The Morgan fingerprint density at radius 3 is 2.72 bits per heavy atom. The number of carbonyl (C=O) groups is 1. The molecule has 0 aliphatic carbocycles. The fourth-order valence-corrected chi connectivity index (χ4v) is 2.27. The van der Waals surface area contributed by atoms with Crippen molar-refractivity contribution in [2.24, 2.45) is 0 Å². The van der Waals surface area contributed by atoms with Gasteiger partial charge in [-0.25, -0.2) is 0 Å². The molecule has 1 amide bonds. The molecule has 1 saturated heterocycles. The minimum atomic E-state index is -0.0133. The molecule has 1 aliphatic heterocycles. The molecule has 0 radical (unpaired) electrons. The number of carbonyl (C=O) groups excluding carboxylic acids is 1. The molecule has 1 heterocycles. The maximum atomic E-state index is 12.0. The van der Waals surface area contributed by atoms with Crippen LogP contribution in [0.25, 0.3) is 0 Å². The standard InChI is InChI=1S/C15H21NO2/c1-3-12-6-8-13(9-7-12)15(17)16-11(2)14-5-4-10-18-14/h6-9,11,14H,3-5,10H2,1-2H3,(H,16,17)/t11-,14+/m1/s1. The van der Waals surface area contributed by atoms with Crippen molar-refractivity contribution in [2.75, 3.05) is 6.61 Å². The average molecular weight is 247 g/mol. The van der Waals surface area contributed by atoms with Gasteiger partial charge in [-0.05, 0) is 43.9 Å². The summed E-state index contributed by atoms with van der Waals surface area (Å²) in [7, 11) is 0. The monoisotopic (exact) mass is 247 g/mol. The second-order valence-corrected chi connectivity index (χ2v) is 4.86. The molecule has 1 aromatic carbocycles. The predicted molar refractivity (Wildman–Crippen MR) is 71.7 cm³/mol. The molecule has 2 atom stereocenters. The molecule has 1 aliphatic rings. The lowest BCUT2D eigenvalue weighted by Crippen LogP contribution is -2.40. The summed E-state index contributed by atoms with van der Waals surface area (Å²) in [5.74, 6) is -0.0133. The SMILES string of the molecule is CCc1ccc(C(=O)N[C@H](C)[C@@H]2CCCO2)cc1. The van der Waals surface area contributed by atoms with E-state index in [1.54, 1.807) is 0 Å². The van der Waals surface area contributed by atoms with Gasteiger partial charge in [0.15, 0.2) is 0 Å². The number of ether oxygens (including phenoxy) is 1. The van der Waals surface area contributed by atoms with Gasteiger partial charge in [0.1, 0.15) is 0 Å². The van der Waals surface area contributed by atoms with Crippen molar-refractivity contribution < 1.29 is 9.53 Å². The Balaban J connectivity index is 1.93. The number of nitrogens with one attached hydrogen (secondary N) is 1. The summed E-state index contributed by atoms with van der Waals surface area (Å²) in [6.45, 7) is 4.93. The van der Waals surface area contributed by atoms with Crippen molar-refractivity contribution in [3.63, 3.8) is 0 Å². The molecular formula is C15H21NO2. The van der Waals surface area contributed by atoms with Crippen LogP contribution in [0.4, 0.5) is 0 Å². The number of aryl methyl sites for hydroxylation is 1.